The number of ether oxygens (including phenoxy) is 1. The van der Waals surface area contributed by atoms with Gasteiger partial charge in [-0.05, 0) is 31.5 Å². The summed E-state index contributed by atoms with van der Waals surface area (Å²) in [6, 6.07) is 1.69. The Kier molecular flexibility index (Phi) is 4.41. The molecule has 0 saturated carbocycles. The summed E-state index contributed by atoms with van der Waals surface area (Å²) in [5.74, 6) is -2.90. The van der Waals surface area contributed by atoms with Crippen LogP contribution in [-0.2, 0) is 16.0 Å². The molecule has 1 heterocycles. The molecule has 1 atom stereocenters. The number of alkyl halides is 3. The number of nitrogens with zero attached hydrogens (tertiary/aromatic N) is 3. The smallest absolute Gasteiger partial charge is 0.355 e. The van der Waals surface area contributed by atoms with Crippen LogP contribution in [0.4, 0.5) is 13.2 Å². The molecule has 0 aliphatic heterocycles. The van der Waals surface area contributed by atoms with Gasteiger partial charge in [-0.1, -0.05) is 11.6 Å². The van der Waals surface area contributed by atoms with Crippen LogP contribution in [0.15, 0.2) is 16.9 Å². The maximum atomic E-state index is 14.4. The molecule has 0 fully saturated rings. The minimum atomic E-state index is -3.32. The highest BCUT2D eigenvalue weighted by Crippen LogP contribution is 2.25. The van der Waals surface area contributed by atoms with Gasteiger partial charge >= 0.3 is 18.2 Å². The van der Waals surface area contributed by atoms with Crippen LogP contribution in [0.2, 0.25) is 5.02 Å². The zero-order chi connectivity index (χ0) is 23.9. The molecule has 1 aromatic carbocycles. The third-order valence-corrected chi connectivity index (χ3v) is 4.01. The van der Waals surface area contributed by atoms with Crippen LogP contribution >= 0.6 is 23.2 Å². The lowest BCUT2D eigenvalue weighted by Gasteiger charge is -2.12. The Morgan fingerprint density at radius 3 is 2.77 bits per heavy atom. The number of rotatable bonds is 6. The number of aromatic nitrogens is 3. The van der Waals surface area contributed by atoms with E-state index in [2.05, 4.69) is 9.84 Å². The number of halogens is 5. The zero-order valence-corrected chi connectivity index (χ0v) is 14.5. The quantitative estimate of drug-likeness (QED) is 0.535. The molecule has 2 rings (SSSR count). The molecule has 0 N–H and O–H groups in total. The average molecular weight is 417 g/mol. The number of aryl methyl sites for hydroxylation is 1. The first-order chi connectivity index (χ1) is 14.1. The summed E-state index contributed by atoms with van der Waals surface area (Å²) in [7, 11) is 0. The van der Waals surface area contributed by atoms with Gasteiger partial charge in [-0.25, -0.2) is 13.8 Å². The molecule has 0 spiro atoms. The van der Waals surface area contributed by atoms with Crippen molar-refractivity contribution in [3.63, 3.8) is 0 Å². The minimum Gasteiger partial charge on any atom is -0.465 e. The molecule has 0 amide bonds. The fraction of sp³-hybridized carbons (Fsp3) is 0.400. The Bertz CT molecular complexity index is 1060. The normalized spacial score (nSPS) is 16.3. The fourth-order valence-corrected chi connectivity index (χ4v) is 2.59. The van der Waals surface area contributed by atoms with E-state index in [4.69, 9.17) is 30.1 Å². The van der Waals surface area contributed by atoms with Gasteiger partial charge in [-0.15, -0.1) is 16.7 Å². The number of benzene rings is 1. The van der Waals surface area contributed by atoms with Gasteiger partial charge in [0.15, 0.2) is 5.82 Å². The predicted molar refractivity (Wildman–Crippen MR) is 88.8 cm³/mol. The van der Waals surface area contributed by atoms with Gasteiger partial charge in [0, 0.05) is 15.6 Å². The molecule has 6 nitrogen and oxygen atoms in total. The number of carbonyl (C=O) groups is 1. The first-order valence-electron chi connectivity index (χ1n) is 9.38. The van der Waals surface area contributed by atoms with E-state index in [1.165, 1.54) is 0 Å². The average Bonchev–Trinajstić information content (AvgIpc) is 2.90. The SMILES string of the molecule is [2H]C([2H])([2H])C([2H])([2H])OC(=O)C(Cl)Cc1cc(-n2nc(C)n(C(F)F)c2=O)c(F)cc1Cl. The molecule has 0 bridgehead atoms. The zero-order valence-electron chi connectivity index (χ0n) is 18.0. The lowest BCUT2D eigenvalue weighted by atomic mass is 10.1. The van der Waals surface area contributed by atoms with Crippen LogP contribution < -0.4 is 5.69 Å². The molecular formula is C15H14Cl2F3N3O3. The fourth-order valence-electron chi connectivity index (χ4n) is 2.15. The van der Waals surface area contributed by atoms with Crippen molar-refractivity contribution in [1.29, 1.82) is 0 Å². The van der Waals surface area contributed by atoms with Crippen LogP contribution in [0, 0.1) is 12.7 Å². The van der Waals surface area contributed by atoms with E-state index in [0.717, 1.165) is 19.1 Å². The maximum absolute atomic E-state index is 14.4. The van der Waals surface area contributed by atoms with Crippen molar-refractivity contribution in [3.8, 4) is 5.69 Å². The summed E-state index contributed by atoms with van der Waals surface area (Å²) in [5.41, 5.74) is -1.92. The highest BCUT2D eigenvalue weighted by Gasteiger charge is 2.23. The Morgan fingerprint density at radius 2 is 2.19 bits per heavy atom. The van der Waals surface area contributed by atoms with Crippen molar-refractivity contribution >= 4 is 29.2 Å². The van der Waals surface area contributed by atoms with Gasteiger partial charge in [-0.2, -0.15) is 13.5 Å². The standard InChI is InChI=1S/C15H14Cl2F3N3O3/c1-3-26-13(24)10(17)4-8-5-12(11(18)6-9(8)16)23-15(25)22(14(19)20)7(2)21-23/h5-6,10,14H,3-4H2,1-2H3/i1D3,3D2. The highest BCUT2D eigenvalue weighted by atomic mass is 35.5. The van der Waals surface area contributed by atoms with Crippen molar-refractivity contribution in [1.82, 2.24) is 14.3 Å². The van der Waals surface area contributed by atoms with E-state index in [1.54, 1.807) is 0 Å². The Hall–Kier alpha value is -2.00. The molecule has 1 unspecified atom stereocenters. The molecule has 0 aliphatic rings. The highest BCUT2D eigenvalue weighted by molar-refractivity contribution is 6.32. The van der Waals surface area contributed by atoms with Gasteiger partial charge in [0.25, 0.3) is 0 Å². The molecule has 11 heteroatoms. The number of hydrogen-bond donors (Lipinski definition) is 0. The molecular weight excluding hydrogens is 398 g/mol. The van der Waals surface area contributed by atoms with E-state index in [1.807, 2.05) is 0 Å². The van der Waals surface area contributed by atoms with E-state index < -0.39 is 54.9 Å². The third-order valence-electron chi connectivity index (χ3n) is 3.33. The van der Waals surface area contributed by atoms with E-state index in [0.29, 0.717) is 4.68 Å². The van der Waals surface area contributed by atoms with Crippen LogP contribution in [0.25, 0.3) is 5.69 Å². The summed E-state index contributed by atoms with van der Waals surface area (Å²) in [4.78, 5) is 24.2. The number of carbonyl (C=O) groups excluding carboxylic acids is 1. The van der Waals surface area contributed by atoms with Crippen molar-refractivity contribution in [2.45, 2.75) is 32.1 Å². The second kappa shape index (κ2) is 8.13. The number of hydrogen-bond acceptors (Lipinski definition) is 4. The first-order valence-corrected chi connectivity index (χ1v) is 7.69. The van der Waals surface area contributed by atoms with Gasteiger partial charge in [0.2, 0.25) is 0 Å². The topological polar surface area (TPSA) is 66.1 Å². The third kappa shape index (κ3) is 4.04. The summed E-state index contributed by atoms with van der Waals surface area (Å²) >= 11 is 11.8. The molecule has 142 valence electrons. The second-order valence-electron chi connectivity index (χ2n) is 4.98. The summed E-state index contributed by atoms with van der Waals surface area (Å²) in [6.45, 7) is -8.70. The first kappa shape index (κ1) is 14.1. The van der Waals surface area contributed by atoms with E-state index >= 15 is 0 Å². The van der Waals surface area contributed by atoms with E-state index in [-0.39, 0.29) is 21.0 Å². The minimum absolute atomic E-state index is 0.0341. The molecule has 1 aromatic heterocycles. The predicted octanol–water partition coefficient (Wildman–Crippen LogP) is 3.24. The second-order valence-corrected chi connectivity index (χ2v) is 5.91. The lowest BCUT2D eigenvalue weighted by Crippen LogP contribution is -2.25. The Balaban J connectivity index is 2.37. The monoisotopic (exact) mass is 416 g/mol. The van der Waals surface area contributed by atoms with Gasteiger partial charge in [0.1, 0.15) is 16.9 Å². The van der Waals surface area contributed by atoms with E-state index in [9.17, 15) is 22.8 Å². The van der Waals surface area contributed by atoms with Crippen LogP contribution in [-0.4, -0.2) is 32.3 Å². The van der Waals surface area contributed by atoms with Crippen molar-refractivity contribution in [2.75, 3.05) is 6.56 Å². The Labute approximate surface area is 163 Å². The lowest BCUT2D eigenvalue weighted by molar-refractivity contribution is -0.142. The maximum Gasteiger partial charge on any atom is 0.355 e. The Morgan fingerprint density at radius 1 is 1.50 bits per heavy atom. The molecule has 2 aromatic rings. The summed E-state index contributed by atoms with van der Waals surface area (Å²) < 4.78 is 80.7. The molecule has 0 aliphatic carbocycles. The van der Waals surface area contributed by atoms with Crippen molar-refractivity contribution < 1.29 is 29.6 Å². The van der Waals surface area contributed by atoms with Crippen LogP contribution in [0.3, 0.4) is 0 Å². The van der Waals surface area contributed by atoms with Gasteiger partial charge < -0.3 is 4.74 Å². The molecule has 26 heavy (non-hydrogen) atoms. The summed E-state index contributed by atoms with van der Waals surface area (Å²) in [6.07, 6.45) is -0.493. The van der Waals surface area contributed by atoms with Gasteiger partial charge in [-0.3, -0.25) is 4.79 Å². The molecule has 0 saturated heterocycles. The molecule has 0 radical (unpaired) electrons. The number of esters is 1. The van der Waals surface area contributed by atoms with Crippen molar-refractivity contribution in [3.05, 3.63) is 44.8 Å². The van der Waals surface area contributed by atoms with Crippen LogP contribution in [0.1, 0.15) is 31.6 Å². The van der Waals surface area contributed by atoms with Crippen molar-refractivity contribution in [2.24, 2.45) is 0 Å². The largest absolute Gasteiger partial charge is 0.465 e. The van der Waals surface area contributed by atoms with Gasteiger partial charge in [0.05, 0.1) is 9.30 Å². The van der Waals surface area contributed by atoms with Crippen LogP contribution in [0.5, 0.6) is 0 Å². The summed E-state index contributed by atoms with van der Waals surface area (Å²) in [5, 5.41) is 1.69.